The molecule has 0 aliphatic heterocycles. The third-order valence-electron chi connectivity index (χ3n) is 4.75. The van der Waals surface area contributed by atoms with Gasteiger partial charge in [-0.2, -0.15) is 0 Å². The van der Waals surface area contributed by atoms with Crippen molar-refractivity contribution >= 4 is 38.1 Å². The molecule has 7 heteroatoms. The predicted octanol–water partition coefficient (Wildman–Crippen LogP) is 4.13. The third kappa shape index (κ3) is 2.71. The van der Waals surface area contributed by atoms with Gasteiger partial charge in [-0.05, 0) is 24.3 Å². The number of fused-ring (bicyclic) bond motifs is 3. The van der Waals surface area contributed by atoms with Crippen molar-refractivity contribution in [2.75, 3.05) is 0 Å². The van der Waals surface area contributed by atoms with Gasteiger partial charge in [0.25, 0.3) is 0 Å². The molecule has 0 radical (unpaired) electrons. The molecule has 140 valence electrons. The Morgan fingerprint density at radius 2 is 1.86 bits per heavy atom. The number of hydrogen-bond acceptors (Lipinski definition) is 5. The normalized spacial score (nSPS) is 11.2. The van der Waals surface area contributed by atoms with Gasteiger partial charge in [0.1, 0.15) is 17.2 Å². The highest BCUT2D eigenvalue weighted by molar-refractivity contribution is 7.23. The van der Waals surface area contributed by atoms with Crippen molar-refractivity contribution in [3.63, 3.8) is 0 Å². The number of hydrogen-bond donors (Lipinski definition) is 2. The minimum Gasteiger partial charge on any atom is -0.384 e. The van der Waals surface area contributed by atoms with Crippen molar-refractivity contribution in [1.29, 1.82) is 5.41 Å². The summed E-state index contributed by atoms with van der Waals surface area (Å²) in [6, 6.07) is 18.7. The molecule has 0 amide bonds. The van der Waals surface area contributed by atoms with Crippen LogP contribution in [0.2, 0.25) is 0 Å². The first-order chi connectivity index (χ1) is 14.1. The largest absolute Gasteiger partial charge is 0.384 e. The summed E-state index contributed by atoms with van der Waals surface area (Å²) < 4.78 is 2.74. The number of benzene rings is 2. The van der Waals surface area contributed by atoms with Crippen LogP contribution in [-0.2, 0) is 0 Å². The van der Waals surface area contributed by atoms with E-state index < -0.39 is 0 Å². The van der Waals surface area contributed by atoms with E-state index in [2.05, 4.69) is 4.98 Å². The van der Waals surface area contributed by atoms with Gasteiger partial charge in [0, 0.05) is 29.1 Å². The van der Waals surface area contributed by atoms with E-state index in [0.717, 1.165) is 15.8 Å². The Balaban J connectivity index is 1.91. The predicted molar refractivity (Wildman–Crippen MR) is 115 cm³/mol. The number of nitrogens with two attached hydrogens (primary N) is 1. The molecule has 3 N–H and O–H groups in total. The highest BCUT2D eigenvalue weighted by Gasteiger charge is 2.26. The lowest BCUT2D eigenvalue weighted by molar-refractivity contribution is 0.103. The lowest BCUT2D eigenvalue weighted by atomic mass is 10.0. The number of nitrogens with zero attached hydrogens (tertiary/aromatic N) is 3. The molecule has 2 aromatic carbocycles. The molecule has 3 heterocycles. The van der Waals surface area contributed by atoms with Gasteiger partial charge in [0.15, 0.2) is 4.96 Å². The minimum atomic E-state index is -0.178. The molecule has 0 saturated heterocycles. The molecule has 0 aliphatic carbocycles. The number of ketones is 1. The van der Waals surface area contributed by atoms with Gasteiger partial charge in [-0.3, -0.25) is 19.6 Å². The van der Waals surface area contributed by atoms with E-state index in [9.17, 15) is 4.79 Å². The highest BCUT2D eigenvalue weighted by Crippen LogP contribution is 2.35. The molecule has 0 spiro atoms. The molecule has 5 rings (SSSR count). The van der Waals surface area contributed by atoms with E-state index in [1.807, 2.05) is 46.9 Å². The van der Waals surface area contributed by atoms with E-state index in [4.69, 9.17) is 16.1 Å². The molecular weight excluding hydrogens is 382 g/mol. The summed E-state index contributed by atoms with van der Waals surface area (Å²) in [5.74, 6) is -0.229. The summed E-state index contributed by atoms with van der Waals surface area (Å²) in [7, 11) is 0. The smallest absolute Gasteiger partial charge is 0.213 e. The Bertz CT molecular complexity index is 1390. The number of nitrogen functional groups attached to an aromatic ring is 1. The van der Waals surface area contributed by atoms with Gasteiger partial charge >= 0.3 is 0 Å². The summed E-state index contributed by atoms with van der Waals surface area (Å²) in [6.45, 7) is 0. The number of rotatable bonds is 4. The third-order valence-corrected chi connectivity index (χ3v) is 5.75. The summed E-state index contributed by atoms with van der Waals surface area (Å²) in [4.78, 5) is 23.1. The van der Waals surface area contributed by atoms with Crippen molar-refractivity contribution < 1.29 is 4.79 Å². The highest BCUT2D eigenvalue weighted by atomic mass is 32.1. The number of carbonyl (C=O) groups is 1. The van der Waals surface area contributed by atoms with E-state index in [-0.39, 0.29) is 11.6 Å². The minimum absolute atomic E-state index is 0.0509. The number of pyridine rings is 1. The number of nitrogens with one attached hydrogen (secondary N) is 1. The molecule has 3 aromatic heterocycles. The standard InChI is InChI=1S/C22H15N5OS/c23-21(24)15-9-4-10-16-18(15)27-19(20(28)14-8-5-11-25-12-14)17(26-22(27)29-16)13-6-2-1-3-7-13/h1-12H,(H3,23,24). The summed E-state index contributed by atoms with van der Waals surface area (Å²) >= 11 is 1.47. The molecule has 0 saturated carbocycles. The van der Waals surface area contributed by atoms with Crippen molar-refractivity contribution in [3.8, 4) is 11.3 Å². The summed E-state index contributed by atoms with van der Waals surface area (Å²) in [6.07, 6.45) is 3.19. The van der Waals surface area contributed by atoms with E-state index in [1.54, 1.807) is 30.6 Å². The Morgan fingerprint density at radius 1 is 1.03 bits per heavy atom. The summed E-state index contributed by atoms with van der Waals surface area (Å²) in [5.41, 5.74) is 9.52. The van der Waals surface area contributed by atoms with Crippen LogP contribution in [0, 0.1) is 5.41 Å². The number of aromatic nitrogens is 3. The van der Waals surface area contributed by atoms with Crippen molar-refractivity contribution in [3.05, 3.63) is 89.9 Å². The molecule has 0 unspecified atom stereocenters. The Morgan fingerprint density at radius 3 is 2.59 bits per heavy atom. The maximum absolute atomic E-state index is 13.6. The molecule has 0 bridgehead atoms. The first kappa shape index (κ1) is 17.3. The Hall–Kier alpha value is -3.84. The number of carbonyl (C=O) groups excluding carboxylic acids is 1. The van der Waals surface area contributed by atoms with Crippen LogP contribution >= 0.6 is 11.3 Å². The zero-order chi connectivity index (χ0) is 20.0. The molecule has 0 atom stereocenters. The van der Waals surface area contributed by atoms with E-state index in [0.29, 0.717) is 27.5 Å². The summed E-state index contributed by atoms with van der Waals surface area (Å²) in [5, 5.41) is 8.00. The monoisotopic (exact) mass is 397 g/mol. The maximum atomic E-state index is 13.6. The molecular formula is C22H15N5OS. The number of thiazole rings is 1. The Kier molecular flexibility index (Phi) is 3.96. The molecule has 6 nitrogen and oxygen atoms in total. The van der Waals surface area contributed by atoms with Crippen LogP contribution in [0.25, 0.3) is 26.4 Å². The molecule has 0 fully saturated rings. The average Bonchev–Trinajstić information content (AvgIpc) is 3.30. The zero-order valence-electron chi connectivity index (χ0n) is 15.2. The number of para-hydroxylation sites is 1. The first-order valence-corrected chi connectivity index (χ1v) is 9.75. The van der Waals surface area contributed by atoms with Crippen LogP contribution in [-0.4, -0.2) is 26.0 Å². The second kappa shape index (κ2) is 6.65. The molecule has 5 aromatic rings. The SMILES string of the molecule is N=C(N)c1cccc2sc3nc(-c4ccccc4)c(C(=O)c4cccnc4)n3c12. The van der Waals surface area contributed by atoms with Gasteiger partial charge in [-0.1, -0.05) is 47.7 Å². The van der Waals surface area contributed by atoms with Crippen molar-refractivity contribution in [1.82, 2.24) is 14.4 Å². The zero-order valence-corrected chi connectivity index (χ0v) is 16.0. The van der Waals surface area contributed by atoms with Gasteiger partial charge < -0.3 is 5.73 Å². The van der Waals surface area contributed by atoms with Crippen LogP contribution in [0.4, 0.5) is 0 Å². The van der Waals surface area contributed by atoms with E-state index >= 15 is 0 Å². The lowest BCUT2D eigenvalue weighted by Gasteiger charge is -2.07. The lowest BCUT2D eigenvalue weighted by Crippen LogP contribution is -2.13. The fraction of sp³-hybridized carbons (Fsp3) is 0. The number of amidine groups is 1. The molecule has 29 heavy (non-hydrogen) atoms. The van der Waals surface area contributed by atoms with Crippen LogP contribution < -0.4 is 5.73 Å². The van der Waals surface area contributed by atoms with Crippen molar-refractivity contribution in [2.24, 2.45) is 5.73 Å². The second-order valence-corrected chi connectivity index (χ2v) is 7.54. The van der Waals surface area contributed by atoms with Crippen LogP contribution in [0.5, 0.6) is 0 Å². The first-order valence-electron chi connectivity index (χ1n) is 8.93. The topological polar surface area (TPSA) is 97.1 Å². The van der Waals surface area contributed by atoms with Gasteiger partial charge in [0.05, 0.1) is 10.2 Å². The maximum Gasteiger partial charge on any atom is 0.213 e. The van der Waals surface area contributed by atoms with Crippen molar-refractivity contribution in [2.45, 2.75) is 0 Å². The quantitative estimate of drug-likeness (QED) is 0.271. The Labute approximate surface area is 169 Å². The number of imidazole rings is 1. The fourth-order valence-electron chi connectivity index (χ4n) is 3.47. The van der Waals surface area contributed by atoms with Gasteiger partial charge in [0.2, 0.25) is 5.78 Å². The molecule has 0 aliphatic rings. The second-order valence-electron chi connectivity index (χ2n) is 6.53. The average molecular weight is 397 g/mol. The van der Waals surface area contributed by atoms with Gasteiger partial charge in [-0.25, -0.2) is 4.98 Å². The van der Waals surface area contributed by atoms with Crippen LogP contribution in [0.3, 0.4) is 0 Å². The van der Waals surface area contributed by atoms with Gasteiger partial charge in [-0.15, -0.1) is 0 Å². The van der Waals surface area contributed by atoms with E-state index in [1.165, 1.54) is 11.3 Å². The van der Waals surface area contributed by atoms with Crippen LogP contribution in [0.1, 0.15) is 21.6 Å². The van der Waals surface area contributed by atoms with Crippen LogP contribution in [0.15, 0.2) is 73.1 Å². The fourth-order valence-corrected chi connectivity index (χ4v) is 4.52.